The number of benzene rings is 3. The van der Waals surface area contributed by atoms with Crippen LogP contribution in [-0.4, -0.2) is 21.7 Å². The molecule has 11 nitrogen and oxygen atoms in total. The summed E-state index contributed by atoms with van der Waals surface area (Å²) in [5.74, 6) is 1.46. The lowest BCUT2D eigenvalue weighted by Crippen LogP contribution is -2.08. The van der Waals surface area contributed by atoms with Crippen molar-refractivity contribution in [2.24, 2.45) is 10.2 Å². The fraction of sp³-hybridized carbons (Fsp3) is 0.0833. The van der Waals surface area contributed by atoms with Crippen molar-refractivity contribution in [2.75, 3.05) is 17.4 Å². The van der Waals surface area contributed by atoms with E-state index in [-0.39, 0.29) is 24.1 Å². The Labute approximate surface area is 199 Å². The summed E-state index contributed by atoms with van der Waals surface area (Å²) in [4.78, 5) is 19.5. The minimum atomic E-state index is -0.521. The predicted octanol–water partition coefficient (Wildman–Crippen LogP) is 5.88. The molecule has 0 spiro atoms. The average molecular weight is 469 g/mol. The van der Waals surface area contributed by atoms with E-state index in [1.165, 1.54) is 6.33 Å². The third-order valence-corrected chi connectivity index (χ3v) is 5.07. The monoisotopic (exact) mass is 469 g/mol. The average Bonchev–Trinajstić information content (AvgIpc) is 3.35. The highest BCUT2D eigenvalue weighted by molar-refractivity contribution is 5.74. The summed E-state index contributed by atoms with van der Waals surface area (Å²) in [5.41, 5.74) is 2.58. The summed E-state index contributed by atoms with van der Waals surface area (Å²) in [6.07, 6.45) is 1.26. The Kier molecular flexibility index (Phi) is 6.11. The third-order valence-electron chi connectivity index (χ3n) is 5.07. The number of anilines is 3. The van der Waals surface area contributed by atoms with Crippen molar-refractivity contribution in [1.82, 2.24) is 9.97 Å². The van der Waals surface area contributed by atoms with E-state index >= 15 is 0 Å². The van der Waals surface area contributed by atoms with E-state index in [1.54, 1.807) is 30.3 Å². The standard InChI is InChI=1S/C24H19N7O4/c32-31(33)22-23(25-13-16-6-11-20-21(12-16)35-15-34-20)26-14-27-24(22)28-17-7-9-19(10-8-17)30-29-18-4-2-1-3-5-18/h1-12,14H,13,15H2,(H2,25,26,27,28). The van der Waals surface area contributed by atoms with Crippen molar-refractivity contribution in [3.8, 4) is 11.5 Å². The Morgan fingerprint density at radius 2 is 1.60 bits per heavy atom. The zero-order valence-electron chi connectivity index (χ0n) is 18.3. The lowest BCUT2D eigenvalue weighted by atomic mass is 10.2. The highest BCUT2D eigenvalue weighted by Gasteiger charge is 2.23. The van der Waals surface area contributed by atoms with E-state index in [9.17, 15) is 10.1 Å². The number of rotatable bonds is 8. The van der Waals surface area contributed by atoms with Crippen molar-refractivity contribution < 1.29 is 14.4 Å². The Bertz CT molecular complexity index is 1380. The predicted molar refractivity (Wildman–Crippen MR) is 129 cm³/mol. The molecule has 5 rings (SSSR count). The van der Waals surface area contributed by atoms with Gasteiger partial charge >= 0.3 is 5.69 Å². The number of nitro groups is 1. The van der Waals surface area contributed by atoms with Gasteiger partial charge in [0.15, 0.2) is 11.5 Å². The molecule has 0 bridgehead atoms. The van der Waals surface area contributed by atoms with E-state index < -0.39 is 4.92 Å². The number of fused-ring (bicyclic) bond motifs is 1. The van der Waals surface area contributed by atoms with Crippen molar-refractivity contribution in [3.63, 3.8) is 0 Å². The van der Waals surface area contributed by atoms with Gasteiger partial charge in [0.2, 0.25) is 18.4 Å². The van der Waals surface area contributed by atoms with Crippen molar-refractivity contribution in [1.29, 1.82) is 0 Å². The molecule has 2 heterocycles. The number of hydrogen-bond acceptors (Lipinski definition) is 10. The normalized spacial score (nSPS) is 12.0. The van der Waals surface area contributed by atoms with Crippen molar-refractivity contribution >= 4 is 34.4 Å². The Hall–Kier alpha value is -5.06. The molecule has 0 saturated heterocycles. The molecular formula is C24H19N7O4. The van der Waals surface area contributed by atoms with Gasteiger partial charge in [-0.15, -0.1) is 0 Å². The van der Waals surface area contributed by atoms with Crippen LogP contribution in [0.3, 0.4) is 0 Å². The zero-order valence-corrected chi connectivity index (χ0v) is 18.3. The number of aromatic nitrogens is 2. The topological polar surface area (TPSA) is 136 Å². The molecule has 0 fully saturated rings. The van der Waals surface area contributed by atoms with Crippen LogP contribution in [0.2, 0.25) is 0 Å². The van der Waals surface area contributed by atoms with Crippen LogP contribution >= 0.6 is 0 Å². The van der Waals surface area contributed by atoms with Gasteiger partial charge in [-0.05, 0) is 54.1 Å². The van der Waals surface area contributed by atoms with Crippen LogP contribution in [0.25, 0.3) is 0 Å². The summed E-state index contributed by atoms with van der Waals surface area (Å²) < 4.78 is 10.7. The number of azo groups is 1. The van der Waals surface area contributed by atoms with E-state index in [2.05, 4.69) is 30.8 Å². The van der Waals surface area contributed by atoms with Gasteiger partial charge in [0.1, 0.15) is 6.33 Å². The van der Waals surface area contributed by atoms with Crippen LogP contribution in [0, 0.1) is 10.1 Å². The Morgan fingerprint density at radius 3 is 2.37 bits per heavy atom. The molecule has 11 heteroatoms. The van der Waals surface area contributed by atoms with Gasteiger partial charge in [-0.2, -0.15) is 10.2 Å². The highest BCUT2D eigenvalue weighted by Crippen LogP contribution is 2.34. The fourth-order valence-electron chi connectivity index (χ4n) is 3.37. The van der Waals surface area contributed by atoms with E-state index in [0.717, 1.165) is 11.3 Å². The van der Waals surface area contributed by atoms with E-state index in [0.29, 0.717) is 29.4 Å². The maximum absolute atomic E-state index is 11.9. The lowest BCUT2D eigenvalue weighted by Gasteiger charge is -2.10. The van der Waals surface area contributed by atoms with Gasteiger partial charge in [-0.3, -0.25) is 10.1 Å². The third kappa shape index (κ3) is 5.14. The minimum Gasteiger partial charge on any atom is -0.454 e. The van der Waals surface area contributed by atoms with Gasteiger partial charge in [-0.1, -0.05) is 24.3 Å². The fourth-order valence-corrected chi connectivity index (χ4v) is 3.37. The molecule has 0 aliphatic carbocycles. The first kappa shape index (κ1) is 21.8. The lowest BCUT2D eigenvalue weighted by molar-refractivity contribution is -0.383. The molecule has 2 N–H and O–H groups in total. The molecule has 35 heavy (non-hydrogen) atoms. The summed E-state index contributed by atoms with van der Waals surface area (Å²) in [5, 5.41) is 26.2. The summed E-state index contributed by atoms with van der Waals surface area (Å²) in [7, 11) is 0. The highest BCUT2D eigenvalue weighted by atomic mass is 16.7. The van der Waals surface area contributed by atoms with Crippen LogP contribution in [0.5, 0.6) is 11.5 Å². The van der Waals surface area contributed by atoms with E-state index in [4.69, 9.17) is 9.47 Å². The second kappa shape index (κ2) is 9.83. The maximum atomic E-state index is 11.9. The van der Waals surface area contributed by atoms with E-state index in [1.807, 2.05) is 42.5 Å². The van der Waals surface area contributed by atoms with Crippen LogP contribution in [-0.2, 0) is 6.54 Å². The number of nitrogens with zero attached hydrogens (tertiary/aromatic N) is 5. The van der Waals surface area contributed by atoms with Crippen LogP contribution < -0.4 is 20.1 Å². The summed E-state index contributed by atoms with van der Waals surface area (Å²) in [6.45, 7) is 0.477. The molecule has 0 amide bonds. The van der Waals surface area contributed by atoms with Gasteiger partial charge in [-0.25, -0.2) is 9.97 Å². The minimum absolute atomic E-state index is 0.0665. The van der Waals surface area contributed by atoms with Crippen molar-refractivity contribution in [2.45, 2.75) is 6.54 Å². The number of hydrogen-bond donors (Lipinski definition) is 2. The molecular weight excluding hydrogens is 450 g/mol. The molecule has 1 aliphatic rings. The van der Waals surface area contributed by atoms with Crippen LogP contribution in [0.4, 0.5) is 34.4 Å². The van der Waals surface area contributed by atoms with Gasteiger partial charge in [0, 0.05) is 12.2 Å². The SMILES string of the molecule is O=[N+]([O-])c1c(NCc2ccc3c(c2)OCO3)ncnc1Nc1ccc(N=Nc2ccccc2)cc1. The molecule has 0 saturated carbocycles. The van der Waals surface area contributed by atoms with Gasteiger partial charge in [0.05, 0.1) is 16.3 Å². The smallest absolute Gasteiger partial charge is 0.353 e. The first-order valence-electron chi connectivity index (χ1n) is 10.6. The first-order valence-corrected chi connectivity index (χ1v) is 10.6. The molecule has 0 atom stereocenters. The van der Waals surface area contributed by atoms with Crippen molar-refractivity contribution in [3.05, 3.63) is 94.8 Å². The molecule has 0 unspecified atom stereocenters. The first-order chi connectivity index (χ1) is 17.2. The molecule has 4 aromatic rings. The number of nitrogens with one attached hydrogen (secondary N) is 2. The molecule has 0 radical (unpaired) electrons. The van der Waals surface area contributed by atoms with Crippen LogP contribution in [0.15, 0.2) is 89.4 Å². The Balaban J connectivity index is 1.30. The summed E-state index contributed by atoms with van der Waals surface area (Å²) in [6, 6.07) is 21.8. The second-order valence-corrected chi connectivity index (χ2v) is 7.43. The largest absolute Gasteiger partial charge is 0.454 e. The second-order valence-electron chi connectivity index (χ2n) is 7.43. The molecule has 3 aromatic carbocycles. The molecule has 174 valence electrons. The Morgan fingerprint density at radius 1 is 0.886 bits per heavy atom. The summed E-state index contributed by atoms with van der Waals surface area (Å²) >= 11 is 0. The molecule has 1 aliphatic heterocycles. The maximum Gasteiger partial charge on any atom is 0.353 e. The van der Waals surface area contributed by atoms with Crippen LogP contribution in [0.1, 0.15) is 5.56 Å². The number of ether oxygens (including phenoxy) is 2. The zero-order chi connectivity index (χ0) is 24.0. The van der Waals surface area contributed by atoms with Gasteiger partial charge in [0.25, 0.3) is 0 Å². The van der Waals surface area contributed by atoms with Gasteiger partial charge < -0.3 is 20.1 Å². The quantitative estimate of drug-likeness (QED) is 0.185. The molecule has 1 aromatic heterocycles.